The van der Waals surface area contributed by atoms with Crippen LogP contribution >= 0.6 is 0 Å². The predicted molar refractivity (Wildman–Crippen MR) is 104 cm³/mol. The maximum absolute atomic E-state index is 14.3. The van der Waals surface area contributed by atoms with Gasteiger partial charge in [-0.1, -0.05) is 30.3 Å². The van der Waals surface area contributed by atoms with Gasteiger partial charge in [-0.2, -0.15) is 0 Å². The second-order valence-electron chi connectivity index (χ2n) is 6.66. The van der Waals surface area contributed by atoms with Gasteiger partial charge in [-0.3, -0.25) is 4.79 Å². The number of nitrogens with one attached hydrogen (secondary N) is 1. The summed E-state index contributed by atoms with van der Waals surface area (Å²) in [7, 11) is 0. The number of rotatable bonds is 5. The van der Waals surface area contributed by atoms with Crippen molar-refractivity contribution in [1.82, 2.24) is 10.2 Å². The summed E-state index contributed by atoms with van der Waals surface area (Å²) in [6.07, 6.45) is 0.792. The highest BCUT2D eigenvalue weighted by molar-refractivity contribution is 5.94. The summed E-state index contributed by atoms with van der Waals surface area (Å²) in [5.74, 6) is -0.555. The van der Waals surface area contributed by atoms with Gasteiger partial charge in [0.1, 0.15) is 5.82 Å². The molecule has 1 heterocycles. The molecule has 2 aromatic rings. The quantitative estimate of drug-likeness (QED) is 0.824. The number of nitrogens with zero attached hydrogens (tertiary/aromatic N) is 2. The van der Waals surface area contributed by atoms with Crippen LogP contribution in [0.1, 0.15) is 22.8 Å². The SMILES string of the molecule is CC(=O)c1ccc(N2CCN(C(=O)NCCc3ccccc3)CC2)c(F)c1. The molecule has 1 fully saturated rings. The van der Waals surface area contributed by atoms with E-state index in [1.807, 2.05) is 35.2 Å². The highest BCUT2D eigenvalue weighted by Gasteiger charge is 2.22. The minimum atomic E-state index is -0.400. The third-order valence-corrected chi connectivity index (χ3v) is 4.79. The number of urea groups is 1. The molecule has 3 rings (SSSR count). The Bertz CT molecular complexity index is 802. The van der Waals surface area contributed by atoms with Gasteiger partial charge in [0.05, 0.1) is 5.69 Å². The molecular weight excluding hydrogens is 345 g/mol. The Morgan fingerprint density at radius 1 is 1.04 bits per heavy atom. The lowest BCUT2D eigenvalue weighted by molar-refractivity contribution is 0.101. The van der Waals surface area contributed by atoms with Gasteiger partial charge in [-0.15, -0.1) is 0 Å². The van der Waals surface area contributed by atoms with E-state index in [1.54, 1.807) is 17.0 Å². The third-order valence-electron chi connectivity index (χ3n) is 4.79. The number of halogens is 1. The molecular formula is C21H24FN3O2. The largest absolute Gasteiger partial charge is 0.366 e. The number of anilines is 1. The number of amides is 2. The van der Waals surface area contributed by atoms with Crippen LogP contribution in [0.3, 0.4) is 0 Å². The zero-order valence-corrected chi connectivity index (χ0v) is 15.5. The van der Waals surface area contributed by atoms with Gasteiger partial charge < -0.3 is 15.1 Å². The molecule has 0 aromatic heterocycles. The van der Waals surface area contributed by atoms with E-state index < -0.39 is 5.82 Å². The number of piperazine rings is 1. The van der Waals surface area contributed by atoms with Crippen LogP contribution in [0, 0.1) is 5.82 Å². The Balaban J connectivity index is 1.48. The monoisotopic (exact) mass is 369 g/mol. The van der Waals surface area contributed by atoms with E-state index in [2.05, 4.69) is 5.32 Å². The van der Waals surface area contributed by atoms with Crippen LogP contribution in [0.15, 0.2) is 48.5 Å². The second kappa shape index (κ2) is 8.66. The third kappa shape index (κ3) is 4.84. The van der Waals surface area contributed by atoms with E-state index in [0.717, 1.165) is 6.42 Å². The first-order valence-corrected chi connectivity index (χ1v) is 9.17. The number of Topliss-reactive ketones (excluding diaryl/α,β-unsaturated/α-hetero) is 1. The van der Waals surface area contributed by atoms with E-state index in [9.17, 15) is 14.0 Å². The van der Waals surface area contributed by atoms with Gasteiger partial charge in [0.15, 0.2) is 5.78 Å². The molecule has 0 aliphatic carbocycles. The summed E-state index contributed by atoms with van der Waals surface area (Å²) < 4.78 is 14.3. The molecule has 2 aromatic carbocycles. The summed E-state index contributed by atoms with van der Waals surface area (Å²) in [6.45, 7) is 4.19. The number of ketones is 1. The number of carbonyl (C=O) groups is 2. The van der Waals surface area contributed by atoms with Crippen LogP contribution in [0.5, 0.6) is 0 Å². The van der Waals surface area contributed by atoms with E-state index in [-0.39, 0.29) is 11.8 Å². The fourth-order valence-electron chi connectivity index (χ4n) is 3.20. The number of hydrogen-bond donors (Lipinski definition) is 1. The average molecular weight is 369 g/mol. The van der Waals surface area contributed by atoms with E-state index in [1.165, 1.54) is 18.6 Å². The topological polar surface area (TPSA) is 52.7 Å². The Morgan fingerprint density at radius 2 is 1.74 bits per heavy atom. The number of hydrogen-bond acceptors (Lipinski definition) is 3. The second-order valence-corrected chi connectivity index (χ2v) is 6.66. The van der Waals surface area contributed by atoms with Gasteiger partial charge in [-0.05, 0) is 37.1 Å². The zero-order chi connectivity index (χ0) is 19.2. The summed E-state index contributed by atoms with van der Waals surface area (Å²) in [6, 6.07) is 14.5. The lowest BCUT2D eigenvalue weighted by atomic mass is 10.1. The number of benzene rings is 2. The molecule has 0 atom stereocenters. The van der Waals surface area contributed by atoms with Crippen molar-refractivity contribution in [2.45, 2.75) is 13.3 Å². The van der Waals surface area contributed by atoms with Crippen LogP contribution in [0.25, 0.3) is 0 Å². The molecule has 1 aliphatic rings. The molecule has 27 heavy (non-hydrogen) atoms. The maximum Gasteiger partial charge on any atom is 0.317 e. The van der Waals surface area contributed by atoms with Crippen molar-refractivity contribution in [3.63, 3.8) is 0 Å². The molecule has 0 saturated carbocycles. The molecule has 0 bridgehead atoms. The average Bonchev–Trinajstić information content (AvgIpc) is 2.69. The van der Waals surface area contributed by atoms with Crippen LogP contribution in [-0.4, -0.2) is 49.4 Å². The van der Waals surface area contributed by atoms with E-state index >= 15 is 0 Å². The first kappa shape index (κ1) is 18.9. The molecule has 1 aliphatic heterocycles. The fraction of sp³-hybridized carbons (Fsp3) is 0.333. The summed E-state index contributed by atoms with van der Waals surface area (Å²) in [5, 5.41) is 2.94. The van der Waals surface area contributed by atoms with Crippen molar-refractivity contribution in [1.29, 1.82) is 0 Å². The van der Waals surface area contributed by atoms with Gasteiger partial charge in [0.2, 0.25) is 0 Å². The van der Waals surface area contributed by atoms with Crippen LogP contribution < -0.4 is 10.2 Å². The van der Waals surface area contributed by atoms with E-state index in [0.29, 0.717) is 44.0 Å². The molecule has 0 unspecified atom stereocenters. The molecule has 2 amide bonds. The molecule has 0 radical (unpaired) electrons. The first-order chi connectivity index (χ1) is 13.0. The fourth-order valence-corrected chi connectivity index (χ4v) is 3.20. The minimum absolute atomic E-state index is 0.0852. The molecule has 1 saturated heterocycles. The Kier molecular flexibility index (Phi) is 6.06. The Hall–Kier alpha value is -2.89. The van der Waals surface area contributed by atoms with Gasteiger partial charge >= 0.3 is 6.03 Å². The van der Waals surface area contributed by atoms with Gasteiger partial charge in [0, 0.05) is 38.3 Å². The van der Waals surface area contributed by atoms with Gasteiger partial charge in [-0.25, -0.2) is 9.18 Å². The van der Waals surface area contributed by atoms with Crippen molar-refractivity contribution in [2.75, 3.05) is 37.6 Å². The van der Waals surface area contributed by atoms with Crippen molar-refractivity contribution in [3.05, 3.63) is 65.5 Å². The zero-order valence-electron chi connectivity index (χ0n) is 15.5. The highest BCUT2D eigenvalue weighted by atomic mass is 19.1. The van der Waals surface area contributed by atoms with Crippen molar-refractivity contribution >= 4 is 17.5 Å². The predicted octanol–water partition coefficient (Wildman–Crippen LogP) is 3.10. The van der Waals surface area contributed by atoms with Crippen molar-refractivity contribution in [3.8, 4) is 0 Å². The summed E-state index contributed by atoms with van der Waals surface area (Å²) in [4.78, 5) is 27.3. The smallest absolute Gasteiger partial charge is 0.317 e. The standard InChI is InChI=1S/C21H24FN3O2/c1-16(26)18-7-8-20(19(22)15-18)24-11-13-25(14-12-24)21(27)23-10-9-17-5-3-2-4-6-17/h2-8,15H,9-14H2,1H3,(H,23,27). The Labute approximate surface area is 158 Å². The minimum Gasteiger partial charge on any atom is -0.366 e. The molecule has 0 spiro atoms. The van der Waals surface area contributed by atoms with Crippen LogP contribution in [-0.2, 0) is 6.42 Å². The Morgan fingerprint density at radius 3 is 2.37 bits per heavy atom. The normalized spacial score (nSPS) is 14.1. The molecule has 5 nitrogen and oxygen atoms in total. The molecule has 142 valence electrons. The maximum atomic E-state index is 14.3. The molecule has 1 N–H and O–H groups in total. The first-order valence-electron chi connectivity index (χ1n) is 9.17. The lowest BCUT2D eigenvalue weighted by Gasteiger charge is -2.36. The van der Waals surface area contributed by atoms with Crippen molar-refractivity contribution in [2.24, 2.45) is 0 Å². The molecule has 6 heteroatoms. The van der Waals surface area contributed by atoms with Crippen molar-refractivity contribution < 1.29 is 14.0 Å². The van der Waals surface area contributed by atoms with Crippen LogP contribution in [0.4, 0.5) is 14.9 Å². The van der Waals surface area contributed by atoms with E-state index in [4.69, 9.17) is 0 Å². The lowest BCUT2D eigenvalue weighted by Crippen LogP contribution is -2.52. The van der Waals surface area contributed by atoms with Gasteiger partial charge in [0.25, 0.3) is 0 Å². The van der Waals surface area contributed by atoms with Crippen LogP contribution in [0.2, 0.25) is 0 Å². The highest BCUT2D eigenvalue weighted by Crippen LogP contribution is 2.22. The number of carbonyl (C=O) groups excluding carboxylic acids is 2. The summed E-state index contributed by atoms with van der Waals surface area (Å²) >= 11 is 0. The summed E-state index contributed by atoms with van der Waals surface area (Å²) in [5.41, 5.74) is 2.03.